The lowest BCUT2D eigenvalue weighted by molar-refractivity contribution is -0.153. The van der Waals surface area contributed by atoms with E-state index in [1.54, 1.807) is 6.07 Å². The summed E-state index contributed by atoms with van der Waals surface area (Å²) >= 11 is 0. The number of hydrogen-bond donors (Lipinski definition) is 1. The van der Waals surface area contributed by atoms with Crippen LogP contribution in [0.1, 0.15) is 44.1 Å². The number of nitrogens with one attached hydrogen (secondary N) is 1. The molecule has 7 heteroatoms. The highest BCUT2D eigenvalue weighted by Gasteiger charge is 2.42. The van der Waals surface area contributed by atoms with Crippen molar-refractivity contribution in [3.05, 3.63) is 54.7 Å². The van der Waals surface area contributed by atoms with Crippen LogP contribution in [0.25, 0.3) is 10.9 Å². The molecule has 0 bridgehead atoms. The number of nitrogens with zero attached hydrogens (tertiary/aromatic N) is 2. The lowest BCUT2D eigenvalue weighted by Gasteiger charge is -2.35. The Morgan fingerprint density at radius 2 is 2.00 bits per heavy atom. The van der Waals surface area contributed by atoms with Gasteiger partial charge >= 0.3 is 5.97 Å². The molecule has 1 N–H and O–H groups in total. The summed E-state index contributed by atoms with van der Waals surface area (Å²) in [5.74, 6) is -1.16. The highest BCUT2D eigenvalue weighted by Crippen LogP contribution is 2.26. The maximum Gasteiger partial charge on any atom is 0.329 e. The Labute approximate surface area is 182 Å². The fourth-order valence-electron chi connectivity index (χ4n) is 3.72. The first kappa shape index (κ1) is 22.5. The Morgan fingerprint density at radius 3 is 2.71 bits per heavy atom. The van der Waals surface area contributed by atoms with Gasteiger partial charge in [0.2, 0.25) is 5.91 Å². The van der Waals surface area contributed by atoms with Gasteiger partial charge in [0.05, 0.1) is 5.52 Å². The summed E-state index contributed by atoms with van der Waals surface area (Å²) in [6.45, 7) is 9.73. The molecule has 1 aromatic carbocycles. The van der Waals surface area contributed by atoms with E-state index in [0.29, 0.717) is 24.9 Å². The number of esters is 1. The second-order valence-electron chi connectivity index (χ2n) is 8.77. The molecule has 3 rings (SSSR count). The minimum Gasteiger partial charge on any atom is -0.460 e. The number of para-hydroxylation sites is 1. The predicted molar refractivity (Wildman–Crippen MR) is 118 cm³/mol. The van der Waals surface area contributed by atoms with Crippen LogP contribution in [-0.2, 0) is 14.3 Å². The van der Waals surface area contributed by atoms with Crippen LogP contribution in [0.5, 0.6) is 0 Å². The van der Waals surface area contributed by atoms with Gasteiger partial charge in [-0.25, -0.2) is 9.78 Å². The van der Waals surface area contributed by atoms with E-state index >= 15 is 0 Å². The molecule has 0 radical (unpaired) electrons. The number of pyridine rings is 1. The summed E-state index contributed by atoms with van der Waals surface area (Å²) in [6.07, 6.45) is 2.74. The monoisotopic (exact) mass is 423 g/mol. The molecule has 2 heterocycles. The Morgan fingerprint density at radius 1 is 1.26 bits per heavy atom. The number of hydrogen-bond acceptors (Lipinski definition) is 5. The molecule has 1 saturated heterocycles. The van der Waals surface area contributed by atoms with Gasteiger partial charge in [-0.1, -0.05) is 57.7 Å². The van der Waals surface area contributed by atoms with E-state index in [4.69, 9.17) is 4.74 Å². The summed E-state index contributed by atoms with van der Waals surface area (Å²) in [4.78, 5) is 44.7. The highest BCUT2D eigenvalue weighted by atomic mass is 16.5. The molecule has 2 atom stereocenters. The Hall–Kier alpha value is -3.22. The van der Waals surface area contributed by atoms with Crippen LogP contribution >= 0.6 is 0 Å². The van der Waals surface area contributed by atoms with Crippen LogP contribution in [-0.4, -0.2) is 52.9 Å². The second-order valence-corrected chi connectivity index (χ2v) is 8.77. The summed E-state index contributed by atoms with van der Waals surface area (Å²) in [6, 6.07) is 9.54. The third kappa shape index (κ3) is 5.10. The molecular weight excluding hydrogens is 394 g/mol. The highest BCUT2D eigenvalue weighted by molar-refractivity contribution is 5.98. The van der Waals surface area contributed by atoms with E-state index in [0.717, 1.165) is 5.39 Å². The van der Waals surface area contributed by atoms with Gasteiger partial charge in [0.15, 0.2) is 0 Å². The van der Waals surface area contributed by atoms with Gasteiger partial charge < -0.3 is 15.0 Å². The van der Waals surface area contributed by atoms with Crippen molar-refractivity contribution in [3.8, 4) is 0 Å². The smallest absolute Gasteiger partial charge is 0.329 e. The fraction of sp³-hybridized carbons (Fsp3) is 0.417. The number of carbonyl (C=O) groups excluding carboxylic acids is 3. The van der Waals surface area contributed by atoms with E-state index in [-0.39, 0.29) is 18.2 Å². The zero-order chi connectivity index (χ0) is 22.6. The summed E-state index contributed by atoms with van der Waals surface area (Å²) < 4.78 is 5.16. The maximum absolute atomic E-state index is 13.4. The summed E-state index contributed by atoms with van der Waals surface area (Å²) in [5, 5.41) is 3.79. The number of fused-ring (bicyclic) bond motifs is 1. The Bertz CT molecular complexity index is 996. The number of carbonyl (C=O) groups is 3. The minimum absolute atomic E-state index is 0.102. The molecule has 7 nitrogen and oxygen atoms in total. The largest absolute Gasteiger partial charge is 0.460 e. The standard InChI is InChI=1S/C24H29N3O4/c1-5-15-31-23(30)19-11-8-14-27(19)22(29)20(24(2,3)4)26-21(28)18-13-12-16-9-6-7-10-17(16)25-18/h5-7,9-10,12-13,19-20H,1,8,11,14-15H2,2-4H3,(H,26,28)/t19-,20+/m1/s1. The normalized spacial score (nSPS) is 17.3. The molecule has 2 amide bonds. The lowest BCUT2D eigenvalue weighted by Crippen LogP contribution is -2.56. The van der Waals surface area contributed by atoms with E-state index in [1.165, 1.54) is 11.0 Å². The molecule has 164 valence electrons. The van der Waals surface area contributed by atoms with Gasteiger partial charge in [-0.15, -0.1) is 0 Å². The van der Waals surface area contributed by atoms with Crippen LogP contribution in [0, 0.1) is 5.41 Å². The maximum atomic E-state index is 13.4. The van der Waals surface area contributed by atoms with Crippen LogP contribution in [0.4, 0.5) is 0 Å². The molecule has 1 aromatic heterocycles. The van der Waals surface area contributed by atoms with Crippen molar-refractivity contribution in [1.82, 2.24) is 15.2 Å². The third-order valence-corrected chi connectivity index (χ3v) is 5.37. The number of likely N-dealkylation sites (tertiary alicyclic amines) is 1. The van der Waals surface area contributed by atoms with Gasteiger partial charge in [0.1, 0.15) is 24.4 Å². The van der Waals surface area contributed by atoms with E-state index in [1.807, 2.05) is 51.1 Å². The first-order valence-corrected chi connectivity index (χ1v) is 10.5. The fourth-order valence-corrected chi connectivity index (χ4v) is 3.72. The van der Waals surface area contributed by atoms with Crippen molar-refractivity contribution in [1.29, 1.82) is 0 Å². The summed E-state index contributed by atoms with van der Waals surface area (Å²) in [5.41, 5.74) is 0.379. The molecule has 2 aromatic rings. The molecule has 31 heavy (non-hydrogen) atoms. The van der Waals surface area contributed by atoms with Crippen molar-refractivity contribution in [2.75, 3.05) is 13.2 Å². The van der Waals surface area contributed by atoms with Crippen molar-refractivity contribution in [3.63, 3.8) is 0 Å². The van der Waals surface area contributed by atoms with Gasteiger partial charge in [0, 0.05) is 11.9 Å². The molecule has 0 saturated carbocycles. The minimum atomic E-state index is -0.818. The Balaban J connectivity index is 1.80. The zero-order valence-electron chi connectivity index (χ0n) is 18.3. The molecule has 1 aliphatic rings. The molecule has 1 fully saturated rings. The van der Waals surface area contributed by atoms with Gasteiger partial charge in [0.25, 0.3) is 5.91 Å². The lowest BCUT2D eigenvalue weighted by atomic mass is 9.85. The number of benzene rings is 1. The quantitative estimate of drug-likeness (QED) is 0.570. The van der Waals surface area contributed by atoms with Crippen LogP contribution in [0.2, 0.25) is 0 Å². The van der Waals surface area contributed by atoms with Crippen molar-refractivity contribution < 1.29 is 19.1 Å². The molecule has 0 aliphatic carbocycles. The molecule has 1 aliphatic heterocycles. The van der Waals surface area contributed by atoms with Crippen LogP contribution in [0.15, 0.2) is 49.1 Å². The molecule has 0 spiro atoms. The average Bonchev–Trinajstić information content (AvgIpc) is 3.24. The number of ether oxygens (including phenoxy) is 1. The molecule has 0 unspecified atom stereocenters. The van der Waals surface area contributed by atoms with Gasteiger partial charge in [-0.3, -0.25) is 9.59 Å². The zero-order valence-corrected chi connectivity index (χ0v) is 18.3. The average molecular weight is 424 g/mol. The third-order valence-electron chi connectivity index (χ3n) is 5.37. The first-order valence-electron chi connectivity index (χ1n) is 10.5. The molecular formula is C24H29N3O4. The van der Waals surface area contributed by atoms with Gasteiger partial charge in [-0.05, 0) is 30.4 Å². The first-order chi connectivity index (χ1) is 14.7. The van der Waals surface area contributed by atoms with E-state index < -0.39 is 29.4 Å². The predicted octanol–water partition coefficient (Wildman–Crippen LogP) is 3.10. The van der Waals surface area contributed by atoms with Crippen molar-refractivity contribution >= 4 is 28.7 Å². The SMILES string of the molecule is C=CCOC(=O)[C@H]1CCCN1C(=O)[C@H](NC(=O)c1ccc2ccccc2n1)C(C)(C)C. The van der Waals surface area contributed by atoms with E-state index in [2.05, 4.69) is 16.9 Å². The van der Waals surface area contributed by atoms with E-state index in [9.17, 15) is 14.4 Å². The Kier molecular flexibility index (Phi) is 6.73. The number of aromatic nitrogens is 1. The van der Waals surface area contributed by atoms with Crippen molar-refractivity contribution in [2.24, 2.45) is 5.41 Å². The topological polar surface area (TPSA) is 88.6 Å². The number of amides is 2. The number of rotatable bonds is 6. The van der Waals surface area contributed by atoms with Crippen molar-refractivity contribution in [2.45, 2.75) is 45.7 Å². The summed E-state index contributed by atoms with van der Waals surface area (Å²) in [7, 11) is 0. The van der Waals surface area contributed by atoms with Gasteiger partial charge in [-0.2, -0.15) is 0 Å². The van der Waals surface area contributed by atoms with Crippen LogP contribution in [0.3, 0.4) is 0 Å². The van der Waals surface area contributed by atoms with Crippen LogP contribution < -0.4 is 5.32 Å². The second kappa shape index (κ2) is 9.29.